The first-order valence-corrected chi connectivity index (χ1v) is 7.38. The van der Waals surface area contributed by atoms with E-state index in [1.54, 1.807) is 12.1 Å². The Morgan fingerprint density at radius 3 is 3.14 bits per heavy atom. The van der Waals surface area contributed by atoms with Crippen molar-refractivity contribution < 1.29 is 4.39 Å². The lowest BCUT2D eigenvalue weighted by atomic mass is 9.99. The molecule has 0 aliphatic carbocycles. The molecule has 0 saturated carbocycles. The second kappa shape index (κ2) is 5.99. The maximum absolute atomic E-state index is 14.0. The number of hydrogen-bond donors (Lipinski definition) is 2. The van der Waals surface area contributed by atoms with E-state index in [0.29, 0.717) is 29.8 Å². The molecule has 0 bridgehead atoms. The summed E-state index contributed by atoms with van der Waals surface area (Å²) in [7, 11) is 0. The highest BCUT2D eigenvalue weighted by atomic mass is 35.5. The molecular weight excluding hydrogens is 293 g/mol. The Morgan fingerprint density at radius 2 is 2.33 bits per heavy atom. The van der Waals surface area contributed by atoms with E-state index < -0.39 is 5.82 Å². The number of halogens is 2. The predicted octanol–water partition coefficient (Wildman–Crippen LogP) is 2.44. The summed E-state index contributed by atoms with van der Waals surface area (Å²) in [5, 5.41) is 7.06. The molecule has 1 aliphatic heterocycles. The number of nitrogens with two attached hydrogens (primary N) is 1. The van der Waals surface area contributed by atoms with Gasteiger partial charge >= 0.3 is 0 Å². The second-order valence-corrected chi connectivity index (χ2v) is 5.68. The molecule has 7 heteroatoms. The highest BCUT2D eigenvalue weighted by Crippen LogP contribution is 2.27. The molecule has 0 amide bonds. The SMILES string of the molecule is NCC1CCCN(c2n[nH]c(-c3cccc(Cl)c3F)n2)C1. The van der Waals surface area contributed by atoms with Crippen LogP contribution in [0.15, 0.2) is 18.2 Å². The van der Waals surface area contributed by atoms with Gasteiger partial charge in [-0.1, -0.05) is 17.7 Å². The van der Waals surface area contributed by atoms with Gasteiger partial charge in [0.25, 0.3) is 0 Å². The molecule has 112 valence electrons. The number of benzene rings is 1. The lowest BCUT2D eigenvalue weighted by Gasteiger charge is -2.31. The van der Waals surface area contributed by atoms with Crippen LogP contribution in [0.4, 0.5) is 10.3 Å². The summed E-state index contributed by atoms with van der Waals surface area (Å²) in [5.74, 6) is 0.950. The Morgan fingerprint density at radius 1 is 1.48 bits per heavy atom. The summed E-state index contributed by atoms with van der Waals surface area (Å²) in [6.07, 6.45) is 2.20. The Kier molecular flexibility index (Phi) is 4.07. The maximum atomic E-state index is 14.0. The van der Waals surface area contributed by atoms with Crippen molar-refractivity contribution in [2.75, 3.05) is 24.5 Å². The summed E-state index contributed by atoms with van der Waals surface area (Å²) in [6.45, 7) is 2.40. The van der Waals surface area contributed by atoms with Crippen LogP contribution < -0.4 is 10.6 Å². The van der Waals surface area contributed by atoms with Gasteiger partial charge in [-0.3, -0.25) is 5.10 Å². The fourth-order valence-corrected chi connectivity index (χ4v) is 2.82. The summed E-state index contributed by atoms with van der Waals surface area (Å²) >= 11 is 5.80. The van der Waals surface area contributed by atoms with Crippen LogP contribution in [0.3, 0.4) is 0 Å². The van der Waals surface area contributed by atoms with Crippen molar-refractivity contribution in [2.24, 2.45) is 11.7 Å². The Labute approximate surface area is 127 Å². The average molecular weight is 310 g/mol. The van der Waals surface area contributed by atoms with Crippen molar-refractivity contribution in [1.82, 2.24) is 15.2 Å². The van der Waals surface area contributed by atoms with Gasteiger partial charge in [0.15, 0.2) is 11.6 Å². The number of nitrogens with one attached hydrogen (secondary N) is 1. The monoisotopic (exact) mass is 309 g/mol. The van der Waals surface area contributed by atoms with E-state index in [1.807, 2.05) is 0 Å². The van der Waals surface area contributed by atoms with Crippen LogP contribution in [-0.2, 0) is 0 Å². The molecular formula is C14H17ClFN5. The van der Waals surface area contributed by atoms with Crippen molar-refractivity contribution in [3.8, 4) is 11.4 Å². The van der Waals surface area contributed by atoms with Crippen LogP contribution >= 0.6 is 11.6 Å². The standard InChI is InChI=1S/C14H17ClFN5/c15-11-5-1-4-10(12(11)16)13-18-14(20-19-13)21-6-2-3-9(7-17)8-21/h1,4-5,9H,2-3,6-8,17H2,(H,18,19,20). The molecule has 1 unspecified atom stereocenters. The number of aromatic nitrogens is 3. The highest BCUT2D eigenvalue weighted by Gasteiger charge is 2.22. The largest absolute Gasteiger partial charge is 0.339 e. The van der Waals surface area contributed by atoms with Gasteiger partial charge in [-0.05, 0) is 37.4 Å². The topological polar surface area (TPSA) is 70.8 Å². The van der Waals surface area contributed by atoms with E-state index in [-0.39, 0.29) is 5.02 Å². The van der Waals surface area contributed by atoms with Crippen molar-refractivity contribution >= 4 is 17.5 Å². The van der Waals surface area contributed by atoms with Crippen LogP contribution in [-0.4, -0.2) is 34.8 Å². The molecule has 21 heavy (non-hydrogen) atoms. The summed E-state index contributed by atoms with van der Waals surface area (Å²) in [6, 6.07) is 4.83. The normalized spacial score (nSPS) is 19.0. The van der Waals surface area contributed by atoms with Gasteiger partial charge in [0, 0.05) is 13.1 Å². The molecule has 2 heterocycles. The summed E-state index contributed by atoms with van der Waals surface area (Å²) in [4.78, 5) is 6.48. The zero-order chi connectivity index (χ0) is 14.8. The third-order valence-electron chi connectivity index (χ3n) is 3.82. The van der Waals surface area contributed by atoms with E-state index in [2.05, 4.69) is 20.1 Å². The van der Waals surface area contributed by atoms with Crippen molar-refractivity contribution in [2.45, 2.75) is 12.8 Å². The number of aromatic amines is 1. The molecule has 3 rings (SSSR count). The van der Waals surface area contributed by atoms with Crippen LogP contribution in [0.25, 0.3) is 11.4 Å². The zero-order valence-electron chi connectivity index (χ0n) is 11.5. The molecule has 0 spiro atoms. The summed E-state index contributed by atoms with van der Waals surface area (Å²) in [5.41, 5.74) is 6.06. The van der Waals surface area contributed by atoms with Crippen molar-refractivity contribution in [1.29, 1.82) is 0 Å². The molecule has 1 saturated heterocycles. The highest BCUT2D eigenvalue weighted by molar-refractivity contribution is 6.31. The first kappa shape index (κ1) is 14.3. The number of nitrogens with zero attached hydrogens (tertiary/aromatic N) is 3. The number of piperidine rings is 1. The maximum Gasteiger partial charge on any atom is 0.245 e. The second-order valence-electron chi connectivity index (χ2n) is 5.28. The first-order chi connectivity index (χ1) is 10.2. The lowest BCUT2D eigenvalue weighted by molar-refractivity contribution is 0.420. The van der Waals surface area contributed by atoms with E-state index in [9.17, 15) is 4.39 Å². The molecule has 1 aromatic heterocycles. The Bertz CT molecular complexity index is 630. The molecule has 3 N–H and O–H groups in total. The fourth-order valence-electron chi connectivity index (χ4n) is 2.64. The van der Waals surface area contributed by atoms with E-state index in [0.717, 1.165) is 25.9 Å². The number of rotatable bonds is 3. The van der Waals surface area contributed by atoms with Crippen LogP contribution in [0, 0.1) is 11.7 Å². The third-order valence-corrected chi connectivity index (χ3v) is 4.11. The minimum absolute atomic E-state index is 0.0756. The molecule has 0 radical (unpaired) electrons. The van der Waals surface area contributed by atoms with Crippen molar-refractivity contribution in [3.63, 3.8) is 0 Å². The number of hydrogen-bond acceptors (Lipinski definition) is 4. The van der Waals surface area contributed by atoms with Gasteiger partial charge in [0.2, 0.25) is 5.95 Å². The minimum atomic E-state index is -0.486. The fraction of sp³-hybridized carbons (Fsp3) is 0.429. The number of anilines is 1. The molecule has 1 aromatic carbocycles. The number of H-pyrrole nitrogens is 1. The zero-order valence-corrected chi connectivity index (χ0v) is 12.3. The molecule has 1 aliphatic rings. The summed E-state index contributed by atoms with van der Waals surface area (Å²) < 4.78 is 14.0. The first-order valence-electron chi connectivity index (χ1n) is 7.01. The predicted molar refractivity (Wildman–Crippen MR) is 80.8 cm³/mol. The van der Waals surface area contributed by atoms with E-state index in [1.165, 1.54) is 6.07 Å². The Balaban J connectivity index is 1.85. The Hall–Kier alpha value is -1.66. The molecule has 5 nitrogen and oxygen atoms in total. The van der Waals surface area contributed by atoms with Gasteiger partial charge in [0.05, 0.1) is 10.6 Å². The van der Waals surface area contributed by atoms with E-state index in [4.69, 9.17) is 17.3 Å². The third kappa shape index (κ3) is 2.87. The van der Waals surface area contributed by atoms with Gasteiger partial charge in [-0.2, -0.15) is 4.98 Å². The van der Waals surface area contributed by atoms with Crippen LogP contribution in [0.5, 0.6) is 0 Å². The average Bonchev–Trinajstić information content (AvgIpc) is 3.00. The van der Waals surface area contributed by atoms with Crippen LogP contribution in [0.2, 0.25) is 5.02 Å². The van der Waals surface area contributed by atoms with E-state index >= 15 is 0 Å². The van der Waals surface area contributed by atoms with Gasteiger partial charge in [-0.25, -0.2) is 4.39 Å². The molecule has 1 fully saturated rings. The van der Waals surface area contributed by atoms with Crippen LogP contribution in [0.1, 0.15) is 12.8 Å². The quantitative estimate of drug-likeness (QED) is 0.913. The lowest BCUT2D eigenvalue weighted by Crippen LogP contribution is -2.38. The van der Waals surface area contributed by atoms with Gasteiger partial charge < -0.3 is 10.6 Å². The van der Waals surface area contributed by atoms with Gasteiger partial charge in [0.1, 0.15) is 0 Å². The molecule has 2 aromatic rings. The van der Waals surface area contributed by atoms with Crippen molar-refractivity contribution in [3.05, 3.63) is 29.0 Å². The van der Waals surface area contributed by atoms with Gasteiger partial charge in [-0.15, -0.1) is 5.10 Å². The molecule has 1 atom stereocenters. The minimum Gasteiger partial charge on any atom is -0.339 e. The smallest absolute Gasteiger partial charge is 0.245 e.